The summed E-state index contributed by atoms with van der Waals surface area (Å²) in [6.07, 6.45) is 1.49. The van der Waals surface area contributed by atoms with Crippen molar-refractivity contribution in [2.45, 2.75) is 26.4 Å². The van der Waals surface area contributed by atoms with Gasteiger partial charge >= 0.3 is 5.97 Å². The fraction of sp³-hybridized carbons (Fsp3) is 0.250. The summed E-state index contributed by atoms with van der Waals surface area (Å²) < 4.78 is 10.5. The zero-order valence-corrected chi connectivity index (χ0v) is 16.1. The van der Waals surface area contributed by atoms with Crippen molar-refractivity contribution in [3.63, 3.8) is 0 Å². The lowest BCUT2D eigenvalue weighted by molar-refractivity contribution is -0.157. The van der Waals surface area contributed by atoms with Crippen molar-refractivity contribution in [3.05, 3.63) is 64.7 Å². The van der Waals surface area contributed by atoms with E-state index in [4.69, 9.17) is 21.1 Å². The van der Waals surface area contributed by atoms with Gasteiger partial charge in [-0.2, -0.15) is 5.10 Å². The quantitative estimate of drug-likeness (QED) is 0.463. The fourth-order valence-electron chi connectivity index (χ4n) is 2.03. The number of hydrogen-bond donors (Lipinski definition) is 1. The van der Waals surface area contributed by atoms with Crippen LogP contribution in [0.4, 0.5) is 0 Å². The van der Waals surface area contributed by atoms with Crippen molar-refractivity contribution in [2.24, 2.45) is 5.10 Å². The SMILES string of the molecule is CC(C)(C)OC(=O)COc1ccc(/C=N\NC(=O)c2ccccc2Cl)cc1. The third kappa shape index (κ3) is 7.11. The van der Waals surface area contributed by atoms with E-state index >= 15 is 0 Å². The first-order valence-electron chi connectivity index (χ1n) is 8.27. The van der Waals surface area contributed by atoms with E-state index < -0.39 is 17.5 Å². The fourth-order valence-corrected chi connectivity index (χ4v) is 2.26. The molecule has 7 heteroatoms. The van der Waals surface area contributed by atoms with Crippen LogP contribution in [0, 0.1) is 0 Å². The number of esters is 1. The Kier molecular flexibility index (Phi) is 6.96. The van der Waals surface area contributed by atoms with Crippen LogP contribution < -0.4 is 10.2 Å². The monoisotopic (exact) mass is 388 g/mol. The number of rotatable bonds is 6. The topological polar surface area (TPSA) is 77.0 Å². The molecule has 6 nitrogen and oxygen atoms in total. The van der Waals surface area contributed by atoms with E-state index in [1.54, 1.807) is 69.3 Å². The molecule has 0 heterocycles. The number of hydrogen-bond acceptors (Lipinski definition) is 5. The summed E-state index contributed by atoms with van der Waals surface area (Å²) in [4.78, 5) is 23.6. The summed E-state index contributed by atoms with van der Waals surface area (Å²) >= 11 is 5.96. The lowest BCUT2D eigenvalue weighted by Gasteiger charge is -2.19. The van der Waals surface area contributed by atoms with Crippen molar-refractivity contribution >= 4 is 29.7 Å². The molecule has 1 N–H and O–H groups in total. The van der Waals surface area contributed by atoms with Gasteiger partial charge in [0.1, 0.15) is 11.4 Å². The van der Waals surface area contributed by atoms with E-state index in [0.717, 1.165) is 5.56 Å². The smallest absolute Gasteiger partial charge is 0.344 e. The molecule has 0 bridgehead atoms. The number of hydrazone groups is 1. The van der Waals surface area contributed by atoms with Crippen molar-refractivity contribution in [3.8, 4) is 5.75 Å². The van der Waals surface area contributed by atoms with E-state index in [1.807, 2.05) is 0 Å². The Balaban J connectivity index is 1.85. The van der Waals surface area contributed by atoms with E-state index in [9.17, 15) is 9.59 Å². The standard InChI is InChI=1S/C20H21ClN2O4/c1-20(2,3)27-18(24)13-26-15-10-8-14(9-11-15)12-22-23-19(25)16-6-4-5-7-17(16)21/h4-12H,13H2,1-3H3,(H,23,25)/b22-12-. The minimum absolute atomic E-state index is 0.168. The highest BCUT2D eigenvalue weighted by atomic mass is 35.5. The van der Waals surface area contributed by atoms with Crippen LogP contribution in [-0.2, 0) is 9.53 Å². The second-order valence-electron chi connectivity index (χ2n) is 6.62. The molecule has 0 atom stereocenters. The number of ether oxygens (including phenoxy) is 2. The minimum atomic E-state index is -0.546. The number of nitrogens with one attached hydrogen (secondary N) is 1. The molecule has 0 saturated carbocycles. The van der Waals surface area contributed by atoms with Gasteiger partial charge in [-0.25, -0.2) is 10.2 Å². The molecule has 2 aromatic rings. The molecular weight excluding hydrogens is 368 g/mol. The van der Waals surface area contributed by atoms with Gasteiger partial charge in [0.15, 0.2) is 6.61 Å². The predicted molar refractivity (Wildman–Crippen MR) is 104 cm³/mol. The lowest BCUT2D eigenvalue weighted by atomic mass is 10.2. The lowest BCUT2D eigenvalue weighted by Crippen LogP contribution is -2.27. The van der Waals surface area contributed by atoms with Crippen LogP contribution in [0.3, 0.4) is 0 Å². The number of nitrogens with zero attached hydrogens (tertiary/aromatic N) is 1. The first-order chi connectivity index (χ1) is 12.7. The molecule has 2 rings (SSSR count). The second-order valence-corrected chi connectivity index (χ2v) is 7.03. The van der Waals surface area contributed by atoms with Crippen LogP contribution in [0.5, 0.6) is 5.75 Å². The summed E-state index contributed by atoms with van der Waals surface area (Å²) in [5.41, 5.74) is 2.97. The maximum atomic E-state index is 12.0. The molecule has 0 aliphatic carbocycles. The molecule has 0 aromatic heterocycles. The first kappa shape index (κ1) is 20.5. The average molecular weight is 389 g/mol. The predicted octanol–water partition coefficient (Wildman–Crippen LogP) is 3.82. The molecule has 0 saturated heterocycles. The first-order valence-corrected chi connectivity index (χ1v) is 8.65. The average Bonchev–Trinajstić information content (AvgIpc) is 2.60. The Bertz CT molecular complexity index is 827. The van der Waals surface area contributed by atoms with Gasteiger partial charge in [-0.3, -0.25) is 4.79 Å². The molecule has 142 valence electrons. The van der Waals surface area contributed by atoms with Gasteiger partial charge < -0.3 is 9.47 Å². The molecule has 0 unspecified atom stereocenters. The largest absolute Gasteiger partial charge is 0.482 e. The van der Waals surface area contributed by atoms with Gasteiger partial charge in [-0.05, 0) is 62.7 Å². The summed E-state index contributed by atoms with van der Waals surface area (Å²) in [6.45, 7) is 5.22. The maximum absolute atomic E-state index is 12.0. The number of benzene rings is 2. The second kappa shape index (κ2) is 9.19. The molecule has 0 spiro atoms. The number of halogens is 1. The minimum Gasteiger partial charge on any atom is -0.482 e. The van der Waals surface area contributed by atoms with E-state index in [2.05, 4.69) is 10.5 Å². The molecule has 0 aliphatic rings. The molecule has 2 aromatic carbocycles. The number of amides is 1. The highest BCUT2D eigenvalue weighted by molar-refractivity contribution is 6.33. The highest BCUT2D eigenvalue weighted by Gasteiger charge is 2.16. The Morgan fingerprint density at radius 1 is 1.11 bits per heavy atom. The molecule has 0 fully saturated rings. The summed E-state index contributed by atoms with van der Waals surface area (Å²) in [6, 6.07) is 13.6. The van der Waals surface area contributed by atoms with Crippen LogP contribution in [-0.4, -0.2) is 30.3 Å². The number of carbonyl (C=O) groups is 2. The number of carbonyl (C=O) groups excluding carboxylic acids is 2. The van der Waals surface area contributed by atoms with Crippen LogP contribution >= 0.6 is 11.6 Å². The summed E-state index contributed by atoms with van der Waals surface area (Å²) in [7, 11) is 0. The van der Waals surface area contributed by atoms with Crippen molar-refractivity contribution in [1.82, 2.24) is 5.43 Å². The summed E-state index contributed by atoms with van der Waals surface area (Å²) in [5, 5.41) is 4.26. The van der Waals surface area contributed by atoms with Gasteiger partial charge in [0, 0.05) is 0 Å². The zero-order valence-electron chi connectivity index (χ0n) is 15.4. The van der Waals surface area contributed by atoms with Crippen LogP contribution in [0.25, 0.3) is 0 Å². The molecule has 0 radical (unpaired) electrons. The van der Waals surface area contributed by atoms with E-state index in [0.29, 0.717) is 16.3 Å². The van der Waals surface area contributed by atoms with Crippen LogP contribution in [0.2, 0.25) is 5.02 Å². The van der Waals surface area contributed by atoms with Gasteiger partial charge in [-0.1, -0.05) is 23.7 Å². The van der Waals surface area contributed by atoms with Crippen LogP contribution in [0.15, 0.2) is 53.6 Å². The zero-order chi connectivity index (χ0) is 19.9. The van der Waals surface area contributed by atoms with Gasteiger partial charge in [-0.15, -0.1) is 0 Å². The van der Waals surface area contributed by atoms with Crippen molar-refractivity contribution in [1.29, 1.82) is 0 Å². The van der Waals surface area contributed by atoms with Crippen LogP contribution in [0.1, 0.15) is 36.7 Å². The van der Waals surface area contributed by atoms with Gasteiger partial charge in [0.2, 0.25) is 0 Å². The third-order valence-corrected chi connectivity index (χ3v) is 3.48. The Labute approximate surface area is 163 Å². The van der Waals surface area contributed by atoms with Gasteiger partial charge in [0.25, 0.3) is 5.91 Å². The van der Waals surface area contributed by atoms with Crippen molar-refractivity contribution in [2.75, 3.05) is 6.61 Å². The Morgan fingerprint density at radius 3 is 2.41 bits per heavy atom. The summed E-state index contributed by atoms with van der Waals surface area (Å²) in [5.74, 6) is -0.303. The molecule has 1 amide bonds. The highest BCUT2D eigenvalue weighted by Crippen LogP contribution is 2.15. The normalized spacial score (nSPS) is 11.3. The molecule has 27 heavy (non-hydrogen) atoms. The Hall–Kier alpha value is -2.86. The Morgan fingerprint density at radius 2 is 1.78 bits per heavy atom. The van der Waals surface area contributed by atoms with E-state index in [-0.39, 0.29) is 6.61 Å². The van der Waals surface area contributed by atoms with Gasteiger partial charge in [0.05, 0.1) is 16.8 Å². The van der Waals surface area contributed by atoms with E-state index in [1.165, 1.54) is 6.21 Å². The molecule has 0 aliphatic heterocycles. The molecular formula is C20H21ClN2O4. The maximum Gasteiger partial charge on any atom is 0.344 e. The third-order valence-electron chi connectivity index (χ3n) is 3.16. The van der Waals surface area contributed by atoms with Crippen molar-refractivity contribution < 1.29 is 19.1 Å².